The first kappa shape index (κ1) is 21.5. The molecule has 0 aromatic heterocycles. The lowest BCUT2D eigenvalue weighted by Gasteiger charge is -2.32. The summed E-state index contributed by atoms with van der Waals surface area (Å²) >= 11 is 0. The standard InChI is InChI=1S/C19H22N2O9/c1-9-13(21-17(24)11-4-3-5-12(14(11)23)20-8-22)18(25)30-10(2)15-16(19(26)29-9)28-7-6-27-15/h3-5,8-10,13,15-16,23H,6-7H2,1-2H3,(H,20,22)(H,21,24). The van der Waals surface area contributed by atoms with E-state index in [1.165, 1.54) is 25.1 Å². The predicted octanol–water partition coefficient (Wildman–Crippen LogP) is -0.280. The van der Waals surface area contributed by atoms with Crippen LogP contribution in [0, 0.1) is 0 Å². The Morgan fingerprint density at radius 1 is 1.10 bits per heavy atom. The largest absolute Gasteiger partial charge is 0.505 e. The summed E-state index contributed by atoms with van der Waals surface area (Å²) in [5, 5.41) is 14.9. The summed E-state index contributed by atoms with van der Waals surface area (Å²) in [6.07, 6.45) is -3.49. The molecule has 0 aliphatic carbocycles. The fourth-order valence-corrected chi connectivity index (χ4v) is 3.26. The Morgan fingerprint density at radius 2 is 1.80 bits per heavy atom. The van der Waals surface area contributed by atoms with E-state index in [1.54, 1.807) is 6.92 Å². The lowest BCUT2D eigenvalue weighted by molar-refractivity contribution is -0.202. The third kappa shape index (κ3) is 4.36. The number of carbonyl (C=O) groups excluding carboxylic acids is 4. The number of hydrogen-bond donors (Lipinski definition) is 3. The van der Waals surface area contributed by atoms with Gasteiger partial charge in [0.05, 0.1) is 24.5 Å². The number of hydrogen-bond acceptors (Lipinski definition) is 9. The Kier molecular flexibility index (Phi) is 6.53. The smallest absolute Gasteiger partial charge is 0.338 e. The molecule has 2 aliphatic rings. The van der Waals surface area contributed by atoms with Crippen LogP contribution in [0.4, 0.5) is 5.69 Å². The van der Waals surface area contributed by atoms with Crippen molar-refractivity contribution in [1.29, 1.82) is 0 Å². The summed E-state index contributed by atoms with van der Waals surface area (Å²) in [6.45, 7) is 3.39. The molecule has 3 N–H and O–H groups in total. The van der Waals surface area contributed by atoms with Crippen LogP contribution in [0.3, 0.4) is 0 Å². The van der Waals surface area contributed by atoms with Crippen molar-refractivity contribution in [2.24, 2.45) is 0 Å². The molecule has 2 heterocycles. The lowest BCUT2D eigenvalue weighted by Crippen LogP contribution is -2.50. The molecule has 1 aromatic rings. The van der Waals surface area contributed by atoms with E-state index >= 15 is 0 Å². The molecule has 2 amide bonds. The third-order valence-electron chi connectivity index (χ3n) is 4.79. The van der Waals surface area contributed by atoms with Crippen molar-refractivity contribution in [2.75, 3.05) is 18.5 Å². The average Bonchev–Trinajstić information content (AvgIpc) is 2.75. The molecule has 2 saturated heterocycles. The van der Waals surface area contributed by atoms with Crippen LogP contribution in [0.15, 0.2) is 18.2 Å². The quantitative estimate of drug-likeness (QED) is 0.338. The highest BCUT2D eigenvalue weighted by Crippen LogP contribution is 2.27. The van der Waals surface area contributed by atoms with Crippen molar-refractivity contribution in [3.8, 4) is 5.75 Å². The number of phenolic OH excluding ortho intramolecular Hbond substituents is 1. The van der Waals surface area contributed by atoms with Gasteiger partial charge in [0.1, 0.15) is 18.3 Å². The first-order chi connectivity index (χ1) is 14.3. The van der Waals surface area contributed by atoms with Gasteiger partial charge in [-0.2, -0.15) is 0 Å². The number of aromatic hydroxyl groups is 1. The van der Waals surface area contributed by atoms with Gasteiger partial charge in [-0.05, 0) is 26.0 Å². The molecule has 1 aromatic carbocycles. The highest BCUT2D eigenvalue weighted by molar-refractivity contribution is 6.01. The molecule has 3 rings (SSSR count). The number of fused-ring (bicyclic) bond motifs is 1. The molecule has 0 saturated carbocycles. The van der Waals surface area contributed by atoms with Crippen LogP contribution in [0.2, 0.25) is 0 Å². The van der Waals surface area contributed by atoms with E-state index in [0.29, 0.717) is 6.41 Å². The van der Waals surface area contributed by atoms with Gasteiger partial charge in [-0.1, -0.05) is 6.07 Å². The number of anilines is 1. The van der Waals surface area contributed by atoms with E-state index in [4.69, 9.17) is 18.9 Å². The van der Waals surface area contributed by atoms with E-state index in [0.717, 1.165) is 0 Å². The highest BCUT2D eigenvalue weighted by Gasteiger charge is 2.44. The summed E-state index contributed by atoms with van der Waals surface area (Å²) in [7, 11) is 0. The number of benzene rings is 1. The molecule has 0 radical (unpaired) electrons. The van der Waals surface area contributed by atoms with Gasteiger partial charge < -0.3 is 34.7 Å². The van der Waals surface area contributed by atoms with E-state index in [2.05, 4.69) is 10.6 Å². The Morgan fingerprint density at radius 3 is 2.53 bits per heavy atom. The predicted molar refractivity (Wildman–Crippen MR) is 99.6 cm³/mol. The fourth-order valence-electron chi connectivity index (χ4n) is 3.26. The van der Waals surface area contributed by atoms with Crippen LogP contribution in [-0.4, -0.2) is 73.0 Å². The van der Waals surface area contributed by atoms with Crippen LogP contribution in [0.1, 0.15) is 24.2 Å². The molecule has 11 heteroatoms. The molecule has 2 aliphatic heterocycles. The highest BCUT2D eigenvalue weighted by atomic mass is 16.6. The summed E-state index contributed by atoms with van der Waals surface area (Å²) in [6, 6.07) is 2.78. The first-order valence-corrected chi connectivity index (χ1v) is 9.30. The minimum Gasteiger partial charge on any atom is -0.505 e. The van der Waals surface area contributed by atoms with Crippen molar-refractivity contribution in [2.45, 2.75) is 44.3 Å². The van der Waals surface area contributed by atoms with Gasteiger partial charge in [0.25, 0.3) is 5.91 Å². The second kappa shape index (κ2) is 9.09. The zero-order valence-electron chi connectivity index (χ0n) is 16.3. The van der Waals surface area contributed by atoms with Crippen molar-refractivity contribution in [1.82, 2.24) is 5.32 Å². The van der Waals surface area contributed by atoms with Crippen LogP contribution in [-0.2, 0) is 33.3 Å². The number of para-hydroxylation sites is 1. The number of rotatable bonds is 4. The summed E-state index contributed by atoms with van der Waals surface area (Å²) < 4.78 is 21.7. The maximum atomic E-state index is 12.7. The zero-order valence-corrected chi connectivity index (χ0v) is 16.3. The van der Waals surface area contributed by atoms with E-state index in [9.17, 15) is 24.3 Å². The topological polar surface area (TPSA) is 149 Å². The number of nitrogens with one attached hydrogen (secondary N) is 2. The Balaban J connectivity index is 1.83. The molecule has 5 unspecified atom stereocenters. The van der Waals surface area contributed by atoms with Crippen molar-refractivity contribution in [3.63, 3.8) is 0 Å². The monoisotopic (exact) mass is 422 g/mol. The van der Waals surface area contributed by atoms with Crippen molar-refractivity contribution in [3.05, 3.63) is 23.8 Å². The minimum atomic E-state index is -1.36. The van der Waals surface area contributed by atoms with Crippen LogP contribution in [0.25, 0.3) is 0 Å². The molecule has 162 valence electrons. The number of amides is 2. The number of phenols is 1. The molecule has 30 heavy (non-hydrogen) atoms. The van der Waals surface area contributed by atoms with Crippen LogP contribution >= 0.6 is 0 Å². The average molecular weight is 422 g/mol. The molecule has 0 bridgehead atoms. The van der Waals surface area contributed by atoms with Gasteiger partial charge >= 0.3 is 11.9 Å². The van der Waals surface area contributed by atoms with E-state index in [-0.39, 0.29) is 24.5 Å². The number of carbonyl (C=O) groups is 4. The van der Waals surface area contributed by atoms with Crippen molar-refractivity contribution < 1.29 is 43.2 Å². The van der Waals surface area contributed by atoms with Crippen LogP contribution < -0.4 is 10.6 Å². The molecule has 0 spiro atoms. The lowest BCUT2D eigenvalue weighted by atomic mass is 10.1. The maximum absolute atomic E-state index is 12.7. The summed E-state index contributed by atoms with van der Waals surface area (Å²) in [5.41, 5.74) is -0.178. The Hall–Kier alpha value is -3.18. The summed E-state index contributed by atoms with van der Waals surface area (Å²) in [5.74, 6) is -2.89. The Bertz CT molecular complexity index is 843. The molecular weight excluding hydrogens is 400 g/mol. The first-order valence-electron chi connectivity index (χ1n) is 9.30. The second-order valence-electron chi connectivity index (χ2n) is 6.83. The van der Waals surface area contributed by atoms with Gasteiger partial charge in [-0.15, -0.1) is 0 Å². The van der Waals surface area contributed by atoms with E-state index in [1.807, 2.05) is 0 Å². The fraction of sp³-hybridized carbons (Fsp3) is 0.474. The van der Waals surface area contributed by atoms with Gasteiger partial charge in [0.15, 0.2) is 17.9 Å². The van der Waals surface area contributed by atoms with Gasteiger partial charge in [0.2, 0.25) is 6.41 Å². The van der Waals surface area contributed by atoms with Crippen molar-refractivity contribution >= 4 is 29.9 Å². The second-order valence-corrected chi connectivity index (χ2v) is 6.83. The Labute approximate surface area is 171 Å². The molecular formula is C19H22N2O9. The SMILES string of the molecule is CC1OC(=O)C2OCCOC2C(C)OC(=O)C1NC(=O)c1cccc(NC=O)c1O. The molecule has 2 fully saturated rings. The molecule has 11 nitrogen and oxygen atoms in total. The maximum Gasteiger partial charge on any atom is 0.338 e. The molecule has 5 atom stereocenters. The number of esters is 2. The van der Waals surface area contributed by atoms with Gasteiger partial charge in [-0.3, -0.25) is 9.59 Å². The third-order valence-corrected chi connectivity index (χ3v) is 4.79. The number of cyclic esters (lactones) is 2. The van der Waals surface area contributed by atoms with E-state index < -0.39 is 54.1 Å². The zero-order chi connectivity index (χ0) is 21.8. The van der Waals surface area contributed by atoms with Gasteiger partial charge in [0, 0.05) is 0 Å². The minimum absolute atomic E-state index is 0.0150. The van der Waals surface area contributed by atoms with Gasteiger partial charge in [-0.25, -0.2) is 9.59 Å². The summed E-state index contributed by atoms with van der Waals surface area (Å²) in [4.78, 5) is 48.5. The van der Waals surface area contributed by atoms with Crippen LogP contribution in [0.5, 0.6) is 5.75 Å². The number of ether oxygens (including phenoxy) is 4. The normalized spacial score (nSPS) is 29.2.